The second-order valence-corrected chi connectivity index (χ2v) is 3.33. The van der Waals surface area contributed by atoms with Crippen LogP contribution in [0.3, 0.4) is 0 Å². The lowest BCUT2D eigenvalue weighted by atomic mass is 10.1. The van der Waals surface area contributed by atoms with E-state index in [1.54, 1.807) is 18.2 Å². The lowest BCUT2D eigenvalue weighted by Gasteiger charge is -2.11. The molecule has 0 atom stereocenters. The highest BCUT2D eigenvalue weighted by Crippen LogP contribution is 2.25. The zero-order chi connectivity index (χ0) is 13.4. The summed E-state index contributed by atoms with van der Waals surface area (Å²) in [6.45, 7) is 3.61. The average molecular weight is 252 g/mol. The average Bonchev–Trinajstić information content (AvgIpc) is 2.42. The Labute approximate surface area is 106 Å². The summed E-state index contributed by atoms with van der Waals surface area (Å²) in [6, 6.07) is 4.88. The first-order chi connectivity index (χ1) is 8.72. The van der Waals surface area contributed by atoms with Crippen LogP contribution in [0.5, 0.6) is 11.5 Å². The molecule has 0 saturated heterocycles. The monoisotopic (exact) mass is 252 g/mol. The van der Waals surface area contributed by atoms with Crippen LogP contribution in [-0.2, 0) is 9.47 Å². The van der Waals surface area contributed by atoms with Gasteiger partial charge in [0.25, 0.3) is 0 Å². The third-order valence-electron chi connectivity index (χ3n) is 2.08. The largest absolute Gasteiger partial charge is 0.467 e. The molecule has 5 heteroatoms. The first-order valence-corrected chi connectivity index (χ1v) is 5.27. The first kappa shape index (κ1) is 14.2. The van der Waals surface area contributed by atoms with Gasteiger partial charge in [0.05, 0.1) is 5.56 Å². The SMILES string of the molecule is C=CC(=O)c1ccc(OCOC)cc1OCOC. The lowest BCUT2D eigenvalue weighted by molar-refractivity contribution is 0.0456. The molecule has 0 heterocycles. The van der Waals surface area contributed by atoms with Crippen molar-refractivity contribution in [2.24, 2.45) is 0 Å². The molecule has 0 radical (unpaired) electrons. The maximum absolute atomic E-state index is 11.6. The fraction of sp³-hybridized carbons (Fsp3) is 0.308. The van der Waals surface area contributed by atoms with E-state index in [9.17, 15) is 4.79 Å². The molecule has 0 bridgehead atoms. The van der Waals surface area contributed by atoms with Crippen molar-refractivity contribution in [3.63, 3.8) is 0 Å². The quantitative estimate of drug-likeness (QED) is 0.402. The van der Waals surface area contributed by atoms with Crippen molar-refractivity contribution in [1.29, 1.82) is 0 Å². The Bertz CT molecular complexity index is 414. The van der Waals surface area contributed by atoms with Gasteiger partial charge in [-0.15, -0.1) is 0 Å². The highest BCUT2D eigenvalue weighted by molar-refractivity contribution is 6.06. The minimum atomic E-state index is -0.223. The number of hydrogen-bond donors (Lipinski definition) is 0. The Morgan fingerprint density at radius 2 is 1.89 bits per heavy atom. The molecule has 1 aromatic rings. The summed E-state index contributed by atoms with van der Waals surface area (Å²) in [7, 11) is 3.03. The number of rotatable bonds is 8. The molecule has 1 rings (SSSR count). The van der Waals surface area contributed by atoms with E-state index in [0.29, 0.717) is 17.1 Å². The molecule has 18 heavy (non-hydrogen) atoms. The number of benzene rings is 1. The number of methoxy groups -OCH3 is 2. The van der Waals surface area contributed by atoms with E-state index in [0.717, 1.165) is 0 Å². The molecule has 0 aliphatic carbocycles. The second kappa shape index (κ2) is 7.47. The Balaban J connectivity index is 2.95. The van der Waals surface area contributed by atoms with Gasteiger partial charge in [-0.2, -0.15) is 0 Å². The van der Waals surface area contributed by atoms with Gasteiger partial charge in [-0.25, -0.2) is 0 Å². The van der Waals surface area contributed by atoms with Gasteiger partial charge >= 0.3 is 0 Å². The number of carbonyl (C=O) groups excluding carboxylic acids is 1. The number of allylic oxidation sites excluding steroid dienone is 1. The van der Waals surface area contributed by atoms with E-state index < -0.39 is 0 Å². The van der Waals surface area contributed by atoms with Gasteiger partial charge in [-0.05, 0) is 18.2 Å². The molecule has 1 aromatic carbocycles. The number of ether oxygens (including phenoxy) is 4. The van der Waals surface area contributed by atoms with Gasteiger partial charge in [0.2, 0.25) is 0 Å². The highest BCUT2D eigenvalue weighted by Gasteiger charge is 2.11. The van der Waals surface area contributed by atoms with E-state index in [2.05, 4.69) is 6.58 Å². The Morgan fingerprint density at radius 3 is 2.50 bits per heavy atom. The summed E-state index contributed by atoms with van der Waals surface area (Å²) >= 11 is 0. The molecular weight excluding hydrogens is 236 g/mol. The van der Waals surface area contributed by atoms with Crippen LogP contribution in [0, 0.1) is 0 Å². The van der Waals surface area contributed by atoms with Crippen molar-refractivity contribution in [1.82, 2.24) is 0 Å². The smallest absolute Gasteiger partial charge is 0.188 e. The summed E-state index contributed by atoms with van der Waals surface area (Å²) in [5, 5.41) is 0. The predicted octanol–water partition coefficient (Wildman–Crippen LogP) is 2.02. The summed E-state index contributed by atoms with van der Waals surface area (Å²) in [6.07, 6.45) is 1.23. The highest BCUT2D eigenvalue weighted by atomic mass is 16.7. The standard InChI is InChI=1S/C13H16O5/c1-4-12(14)11-6-5-10(17-8-15-2)7-13(11)18-9-16-3/h4-7H,1,8-9H2,2-3H3. The Hall–Kier alpha value is -1.85. The lowest BCUT2D eigenvalue weighted by Crippen LogP contribution is -2.06. The van der Waals surface area contributed by atoms with Crippen LogP contribution in [-0.4, -0.2) is 33.6 Å². The predicted molar refractivity (Wildman–Crippen MR) is 66.0 cm³/mol. The molecular formula is C13H16O5. The fourth-order valence-electron chi connectivity index (χ4n) is 1.27. The van der Waals surface area contributed by atoms with Gasteiger partial charge in [0, 0.05) is 20.3 Å². The maximum atomic E-state index is 11.6. The van der Waals surface area contributed by atoms with Gasteiger partial charge in [-0.3, -0.25) is 4.79 Å². The van der Waals surface area contributed by atoms with Gasteiger partial charge in [0.15, 0.2) is 19.4 Å². The summed E-state index contributed by atoms with van der Waals surface area (Å²) < 4.78 is 20.2. The number of hydrogen-bond acceptors (Lipinski definition) is 5. The van der Waals surface area contributed by atoms with Crippen LogP contribution >= 0.6 is 0 Å². The Morgan fingerprint density at radius 1 is 1.22 bits per heavy atom. The molecule has 0 unspecified atom stereocenters. The van der Waals surface area contributed by atoms with Crippen molar-refractivity contribution >= 4 is 5.78 Å². The van der Waals surface area contributed by atoms with Crippen LogP contribution < -0.4 is 9.47 Å². The molecule has 0 saturated carbocycles. The topological polar surface area (TPSA) is 54.0 Å². The second-order valence-electron chi connectivity index (χ2n) is 3.33. The van der Waals surface area contributed by atoms with Gasteiger partial charge in [0.1, 0.15) is 11.5 Å². The van der Waals surface area contributed by atoms with E-state index in [-0.39, 0.29) is 19.4 Å². The zero-order valence-electron chi connectivity index (χ0n) is 10.5. The molecule has 0 aromatic heterocycles. The number of carbonyl (C=O) groups is 1. The molecule has 0 aliphatic rings. The molecule has 0 fully saturated rings. The van der Waals surface area contributed by atoms with Crippen LogP contribution in [0.4, 0.5) is 0 Å². The zero-order valence-corrected chi connectivity index (χ0v) is 10.5. The van der Waals surface area contributed by atoms with Crippen LogP contribution in [0.25, 0.3) is 0 Å². The third kappa shape index (κ3) is 3.87. The van der Waals surface area contributed by atoms with Gasteiger partial charge in [-0.1, -0.05) is 6.58 Å². The molecule has 98 valence electrons. The summed E-state index contributed by atoms with van der Waals surface area (Å²) in [4.78, 5) is 11.6. The molecule has 0 spiro atoms. The minimum Gasteiger partial charge on any atom is -0.467 e. The van der Waals surface area contributed by atoms with Crippen molar-refractivity contribution in [3.05, 3.63) is 36.4 Å². The van der Waals surface area contributed by atoms with Crippen molar-refractivity contribution in [3.8, 4) is 11.5 Å². The van der Waals surface area contributed by atoms with E-state index >= 15 is 0 Å². The summed E-state index contributed by atoms with van der Waals surface area (Å²) in [5.74, 6) is 0.707. The summed E-state index contributed by atoms with van der Waals surface area (Å²) in [5.41, 5.74) is 0.409. The first-order valence-electron chi connectivity index (χ1n) is 5.27. The van der Waals surface area contributed by atoms with E-state index in [1.807, 2.05) is 0 Å². The molecule has 5 nitrogen and oxygen atoms in total. The molecule has 0 N–H and O–H groups in total. The van der Waals surface area contributed by atoms with Crippen molar-refractivity contribution in [2.75, 3.05) is 27.8 Å². The van der Waals surface area contributed by atoms with Gasteiger partial charge < -0.3 is 18.9 Å². The Kier molecular flexibility index (Phi) is 5.90. The van der Waals surface area contributed by atoms with Crippen molar-refractivity contribution in [2.45, 2.75) is 0 Å². The fourth-order valence-corrected chi connectivity index (χ4v) is 1.27. The van der Waals surface area contributed by atoms with Crippen LogP contribution in [0.2, 0.25) is 0 Å². The minimum absolute atomic E-state index is 0.0468. The molecule has 0 amide bonds. The van der Waals surface area contributed by atoms with E-state index in [4.69, 9.17) is 18.9 Å². The third-order valence-corrected chi connectivity index (χ3v) is 2.08. The molecule has 0 aliphatic heterocycles. The number of ketones is 1. The van der Waals surface area contributed by atoms with Crippen LogP contribution in [0.15, 0.2) is 30.9 Å². The normalized spacial score (nSPS) is 9.89. The maximum Gasteiger partial charge on any atom is 0.188 e. The van der Waals surface area contributed by atoms with E-state index in [1.165, 1.54) is 20.3 Å². The van der Waals surface area contributed by atoms with Crippen LogP contribution in [0.1, 0.15) is 10.4 Å². The van der Waals surface area contributed by atoms with Crippen molar-refractivity contribution < 1.29 is 23.7 Å².